The van der Waals surface area contributed by atoms with Crippen LogP contribution in [-0.4, -0.2) is 70.8 Å². The lowest BCUT2D eigenvalue weighted by molar-refractivity contribution is 0.142. The second-order valence-electron chi connectivity index (χ2n) is 8.31. The third-order valence-electron chi connectivity index (χ3n) is 6.02. The van der Waals surface area contributed by atoms with Crippen molar-refractivity contribution in [1.82, 2.24) is 24.4 Å². The van der Waals surface area contributed by atoms with Gasteiger partial charge in [-0.3, -0.25) is 9.69 Å². The highest BCUT2D eigenvalue weighted by molar-refractivity contribution is 7.19. The number of piperazine rings is 1. The highest BCUT2D eigenvalue weighted by Gasteiger charge is 2.22. The number of hydrogen-bond acceptors (Lipinski definition) is 8. The van der Waals surface area contributed by atoms with Gasteiger partial charge in [0.15, 0.2) is 5.01 Å². The first-order valence-electron chi connectivity index (χ1n) is 11.5. The van der Waals surface area contributed by atoms with Crippen LogP contribution in [0.3, 0.4) is 0 Å². The summed E-state index contributed by atoms with van der Waals surface area (Å²) in [4.78, 5) is 34.6. The van der Waals surface area contributed by atoms with Gasteiger partial charge in [-0.15, -0.1) is 0 Å². The Morgan fingerprint density at radius 2 is 1.78 bits per heavy atom. The van der Waals surface area contributed by atoms with E-state index < -0.39 is 0 Å². The largest absolute Gasteiger partial charge is 0.497 e. The van der Waals surface area contributed by atoms with Gasteiger partial charge in [0.25, 0.3) is 5.56 Å². The predicted molar refractivity (Wildman–Crippen MR) is 138 cm³/mol. The molecule has 2 aromatic carbocycles. The maximum atomic E-state index is 12.7. The molecule has 0 bridgehead atoms. The Morgan fingerprint density at radius 1 is 1.03 bits per heavy atom. The van der Waals surface area contributed by atoms with Crippen molar-refractivity contribution < 1.29 is 14.3 Å². The molecular weight excluding hydrogens is 480 g/mol. The van der Waals surface area contributed by atoms with E-state index in [2.05, 4.69) is 20.3 Å². The number of hydrogen-bond donors (Lipinski definition) is 1. The number of urea groups is 1. The number of para-hydroxylation sites is 1. The van der Waals surface area contributed by atoms with E-state index in [0.29, 0.717) is 54.1 Å². The van der Waals surface area contributed by atoms with Crippen molar-refractivity contribution in [3.63, 3.8) is 0 Å². The summed E-state index contributed by atoms with van der Waals surface area (Å²) in [5.41, 5.74) is 2.01. The van der Waals surface area contributed by atoms with Crippen molar-refractivity contribution in [2.24, 2.45) is 0 Å². The maximum absolute atomic E-state index is 12.7. The zero-order valence-electron chi connectivity index (χ0n) is 20.0. The Kier molecular flexibility index (Phi) is 6.83. The molecule has 4 aromatic rings. The fourth-order valence-electron chi connectivity index (χ4n) is 4.08. The Labute approximate surface area is 211 Å². The maximum Gasteiger partial charge on any atom is 0.321 e. The smallest absolute Gasteiger partial charge is 0.321 e. The topological polar surface area (TPSA) is 101 Å². The number of benzene rings is 2. The number of methoxy groups -OCH3 is 2. The van der Waals surface area contributed by atoms with Crippen LogP contribution in [0.5, 0.6) is 11.5 Å². The number of rotatable bonds is 6. The lowest BCUT2D eigenvalue weighted by Gasteiger charge is -2.34. The van der Waals surface area contributed by atoms with Crippen LogP contribution in [0.25, 0.3) is 15.5 Å². The van der Waals surface area contributed by atoms with Crippen LogP contribution in [0.4, 0.5) is 10.5 Å². The Morgan fingerprint density at radius 3 is 2.50 bits per heavy atom. The molecule has 2 aromatic heterocycles. The Bertz CT molecular complexity index is 1430. The van der Waals surface area contributed by atoms with Crippen LogP contribution in [0.1, 0.15) is 5.69 Å². The van der Waals surface area contributed by atoms with E-state index in [1.165, 1.54) is 21.9 Å². The van der Waals surface area contributed by atoms with Gasteiger partial charge in [0, 0.05) is 44.5 Å². The molecule has 3 heterocycles. The highest BCUT2D eigenvalue weighted by Crippen LogP contribution is 2.32. The van der Waals surface area contributed by atoms with E-state index in [-0.39, 0.29) is 11.6 Å². The molecular formula is C25H26N6O4S. The van der Waals surface area contributed by atoms with Gasteiger partial charge in [-0.05, 0) is 36.4 Å². The third-order valence-corrected chi connectivity index (χ3v) is 6.96. The van der Waals surface area contributed by atoms with E-state index >= 15 is 0 Å². The molecule has 10 nitrogen and oxygen atoms in total. The zero-order valence-corrected chi connectivity index (χ0v) is 20.8. The number of nitrogens with one attached hydrogen (secondary N) is 1. The molecule has 0 atom stereocenters. The first-order chi connectivity index (χ1) is 17.5. The molecule has 186 valence electrons. The average Bonchev–Trinajstić information content (AvgIpc) is 3.34. The van der Waals surface area contributed by atoms with Crippen LogP contribution in [0.2, 0.25) is 0 Å². The number of aromatic nitrogens is 3. The minimum Gasteiger partial charge on any atom is -0.497 e. The lowest BCUT2D eigenvalue weighted by atomic mass is 10.2. The van der Waals surface area contributed by atoms with Gasteiger partial charge in [0.2, 0.25) is 4.96 Å². The van der Waals surface area contributed by atoms with E-state index in [9.17, 15) is 9.59 Å². The number of amides is 2. The molecule has 2 amide bonds. The standard InChI is InChI=1S/C25H26N6O4S/c1-34-19-9-7-17(8-10-19)26-24(33)30-13-11-29(12-14-30)16-18-15-22(32)31-25(27-18)36-23(28-31)20-5-3-4-6-21(20)35-2/h3-10,15H,11-14,16H2,1-2H3,(H,26,33). The van der Waals surface area contributed by atoms with Crippen molar-refractivity contribution in [3.05, 3.63) is 70.6 Å². The Balaban J connectivity index is 1.23. The van der Waals surface area contributed by atoms with E-state index in [1.807, 2.05) is 48.5 Å². The van der Waals surface area contributed by atoms with Gasteiger partial charge in [-0.25, -0.2) is 9.78 Å². The summed E-state index contributed by atoms with van der Waals surface area (Å²) in [6.45, 7) is 3.07. The minimum atomic E-state index is -0.218. The Hall–Kier alpha value is -3.96. The summed E-state index contributed by atoms with van der Waals surface area (Å²) in [6, 6.07) is 16.2. The molecule has 11 heteroatoms. The first kappa shape index (κ1) is 23.8. The summed E-state index contributed by atoms with van der Waals surface area (Å²) >= 11 is 1.35. The van der Waals surface area contributed by atoms with Crippen LogP contribution in [0, 0.1) is 0 Å². The third kappa shape index (κ3) is 5.02. The van der Waals surface area contributed by atoms with E-state index in [1.54, 1.807) is 19.1 Å². The normalized spacial score (nSPS) is 14.1. The molecule has 0 unspecified atom stereocenters. The van der Waals surface area contributed by atoms with Gasteiger partial charge in [0.1, 0.15) is 11.5 Å². The molecule has 0 aliphatic carbocycles. The molecule has 1 aliphatic rings. The summed E-state index contributed by atoms with van der Waals surface area (Å²) in [5.74, 6) is 1.43. The van der Waals surface area contributed by atoms with Gasteiger partial charge in [0.05, 0.1) is 25.5 Å². The number of ether oxygens (including phenoxy) is 2. The summed E-state index contributed by atoms with van der Waals surface area (Å²) in [5, 5.41) is 8.05. The summed E-state index contributed by atoms with van der Waals surface area (Å²) in [6.07, 6.45) is 0. The fraction of sp³-hybridized carbons (Fsp3) is 0.280. The van der Waals surface area contributed by atoms with Crippen molar-refractivity contribution in [1.29, 1.82) is 0 Å². The SMILES string of the molecule is COc1ccc(NC(=O)N2CCN(Cc3cc(=O)n4nc(-c5ccccc5OC)sc4n3)CC2)cc1. The summed E-state index contributed by atoms with van der Waals surface area (Å²) < 4.78 is 11.9. The molecule has 1 fully saturated rings. The number of carbonyl (C=O) groups excluding carboxylic acids is 1. The quantitative estimate of drug-likeness (QED) is 0.429. The second kappa shape index (κ2) is 10.3. The second-order valence-corrected chi connectivity index (χ2v) is 9.27. The van der Waals surface area contributed by atoms with Gasteiger partial charge >= 0.3 is 6.03 Å². The average molecular weight is 507 g/mol. The lowest BCUT2D eigenvalue weighted by Crippen LogP contribution is -2.49. The first-order valence-corrected chi connectivity index (χ1v) is 12.3. The monoisotopic (exact) mass is 506 g/mol. The number of carbonyl (C=O) groups is 1. The van der Waals surface area contributed by atoms with E-state index in [4.69, 9.17) is 9.47 Å². The van der Waals surface area contributed by atoms with Gasteiger partial charge in [-0.1, -0.05) is 23.5 Å². The van der Waals surface area contributed by atoms with Crippen molar-refractivity contribution in [3.8, 4) is 22.1 Å². The molecule has 1 aliphatic heterocycles. The predicted octanol–water partition coefficient (Wildman–Crippen LogP) is 3.18. The molecule has 1 saturated heterocycles. The van der Waals surface area contributed by atoms with E-state index in [0.717, 1.165) is 17.0 Å². The zero-order chi connectivity index (χ0) is 25.1. The highest BCUT2D eigenvalue weighted by atomic mass is 32.1. The molecule has 1 N–H and O–H groups in total. The minimum absolute atomic E-state index is 0.133. The summed E-state index contributed by atoms with van der Waals surface area (Å²) in [7, 11) is 3.21. The molecule has 36 heavy (non-hydrogen) atoms. The van der Waals surface area contributed by atoms with Crippen molar-refractivity contribution >= 4 is 28.0 Å². The van der Waals surface area contributed by atoms with Crippen molar-refractivity contribution in [2.45, 2.75) is 6.54 Å². The van der Waals surface area contributed by atoms with Crippen LogP contribution < -0.4 is 20.3 Å². The molecule has 0 spiro atoms. The number of anilines is 1. The van der Waals surface area contributed by atoms with Gasteiger partial charge in [-0.2, -0.15) is 9.61 Å². The fourth-order valence-corrected chi connectivity index (χ4v) is 5.04. The molecule has 0 saturated carbocycles. The van der Waals surface area contributed by atoms with Gasteiger partial charge < -0.3 is 19.7 Å². The van der Waals surface area contributed by atoms with Crippen LogP contribution >= 0.6 is 11.3 Å². The molecule has 0 radical (unpaired) electrons. The van der Waals surface area contributed by atoms with Crippen LogP contribution in [0.15, 0.2) is 59.4 Å². The van der Waals surface area contributed by atoms with Crippen molar-refractivity contribution in [2.75, 3.05) is 45.7 Å². The number of nitrogens with zero attached hydrogens (tertiary/aromatic N) is 5. The number of fused-ring (bicyclic) bond motifs is 1. The van der Waals surface area contributed by atoms with Crippen LogP contribution in [-0.2, 0) is 6.54 Å². The molecule has 5 rings (SSSR count).